The van der Waals surface area contributed by atoms with E-state index in [1.807, 2.05) is 0 Å². The van der Waals surface area contributed by atoms with Crippen LogP contribution in [0.5, 0.6) is 5.75 Å². The number of carboxylic acids is 1. The highest BCUT2D eigenvalue weighted by Gasteiger charge is 2.17. The Balaban J connectivity index is 2.16. The molecule has 3 rings (SSSR count). The molecule has 24 heavy (non-hydrogen) atoms. The first-order valence-electron chi connectivity index (χ1n) is 7.14. The predicted molar refractivity (Wildman–Crippen MR) is 93.2 cm³/mol. The van der Waals surface area contributed by atoms with E-state index in [4.69, 9.17) is 9.84 Å². The first-order chi connectivity index (χ1) is 11.5. The minimum atomic E-state index is -1.08. The number of carbonyl (C=O) groups is 1. The van der Waals surface area contributed by atoms with Gasteiger partial charge in [0.2, 0.25) is 0 Å². The van der Waals surface area contributed by atoms with Crippen molar-refractivity contribution >= 4 is 32.8 Å². The van der Waals surface area contributed by atoms with Crippen LogP contribution in [-0.4, -0.2) is 27.1 Å². The van der Waals surface area contributed by atoms with E-state index in [9.17, 15) is 9.59 Å². The molecule has 2 aromatic carbocycles. The summed E-state index contributed by atoms with van der Waals surface area (Å²) in [5.74, 6) is -0.442. The molecule has 0 radical (unpaired) electrons. The fourth-order valence-corrected chi connectivity index (χ4v) is 2.61. The van der Waals surface area contributed by atoms with Crippen molar-refractivity contribution in [1.82, 2.24) is 9.97 Å². The molecule has 0 bridgehead atoms. The van der Waals surface area contributed by atoms with Crippen molar-refractivity contribution in [3.05, 3.63) is 57.3 Å². The maximum Gasteiger partial charge on any atom is 0.344 e. The number of rotatable bonds is 4. The highest BCUT2D eigenvalue weighted by atomic mass is 79.9. The molecular weight excluding hydrogens is 376 g/mol. The first-order valence-corrected chi connectivity index (χ1v) is 7.93. The maximum absolute atomic E-state index is 12.3. The third-order valence-corrected chi connectivity index (χ3v) is 3.95. The molecule has 0 saturated carbocycles. The Morgan fingerprint density at radius 2 is 2.04 bits per heavy atom. The van der Waals surface area contributed by atoms with E-state index < -0.39 is 12.1 Å². The molecule has 1 heterocycles. The van der Waals surface area contributed by atoms with E-state index in [-0.39, 0.29) is 5.56 Å². The SMILES string of the molecule is CC(Oc1ccc(Br)cc1-c1nc2ccccc2c(=O)[nH]1)C(=O)O. The number of aromatic nitrogens is 2. The van der Waals surface area contributed by atoms with Gasteiger partial charge in [0.25, 0.3) is 5.56 Å². The first kappa shape index (κ1) is 16.2. The minimum absolute atomic E-state index is 0.271. The number of hydrogen-bond donors (Lipinski definition) is 2. The van der Waals surface area contributed by atoms with Crippen molar-refractivity contribution in [3.8, 4) is 17.1 Å². The zero-order chi connectivity index (χ0) is 17.3. The molecule has 0 aliphatic heterocycles. The quantitative estimate of drug-likeness (QED) is 0.715. The molecule has 0 aliphatic carbocycles. The van der Waals surface area contributed by atoms with Gasteiger partial charge in [-0.1, -0.05) is 28.1 Å². The number of fused-ring (bicyclic) bond motifs is 1. The Labute approximate surface area is 145 Å². The lowest BCUT2D eigenvalue weighted by atomic mass is 10.1. The molecule has 1 unspecified atom stereocenters. The normalized spacial score (nSPS) is 12.1. The fourth-order valence-electron chi connectivity index (χ4n) is 2.24. The molecule has 0 spiro atoms. The van der Waals surface area contributed by atoms with Crippen LogP contribution in [0.2, 0.25) is 0 Å². The second-order valence-electron chi connectivity index (χ2n) is 5.17. The van der Waals surface area contributed by atoms with Crippen LogP contribution in [-0.2, 0) is 4.79 Å². The fraction of sp³-hybridized carbons (Fsp3) is 0.118. The molecule has 1 aromatic heterocycles. The Kier molecular flexibility index (Phi) is 4.35. The van der Waals surface area contributed by atoms with Gasteiger partial charge in [0.05, 0.1) is 16.5 Å². The van der Waals surface area contributed by atoms with Crippen LogP contribution in [0.1, 0.15) is 6.92 Å². The number of halogens is 1. The molecule has 0 fully saturated rings. The number of ether oxygens (including phenoxy) is 1. The summed E-state index contributed by atoms with van der Waals surface area (Å²) in [5, 5.41) is 9.52. The van der Waals surface area contributed by atoms with Crippen molar-refractivity contribution in [3.63, 3.8) is 0 Å². The summed E-state index contributed by atoms with van der Waals surface area (Å²) in [7, 11) is 0. The lowest BCUT2D eigenvalue weighted by Crippen LogP contribution is -2.23. The average molecular weight is 389 g/mol. The molecule has 122 valence electrons. The van der Waals surface area contributed by atoms with Gasteiger partial charge in [-0.2, -0.15) is 0 Å². The number of benzene rings is 2. The van der Waals surface area contributed by atoms with Gasteiger partial charge in [-0.15, -0.1) is 0 Å². The average Bonchev–Trinajstić information content (AvgIpc) is 2.56. The lowest BCUT2D eigenvalue weighted by Gasteiger charge is -2.14. The van der Waals surface area contributed by atoms with Crippen molar-refractivity contribution in [2.24, 2.45) is 0 Å². The van der Waals surface area contributed by atoms with Crippen LogP contribution < -0.4 is 10.3 Å². The standard InChI is InChI=1S/C17H13BrN2O4/c1-9(17(22)23)24-14-7-6-10(18)8-12(14)15-19-13-5-3-2-4-11(13)16(21)20-15/h2-9H,1H3,(H,22,23)(H,19,20,21). The van der Waals surface area contributed by atoms with Crippen molar-refractivity contribution in [2.45, 2.75) is 13.0 Å². The largest absolute Gasteiger partial charge is 0.479 e. The molecule has 1 atom stereocenters. The topological polar surface area (TPSA) is 92.3 Å². The molecule has 0 aliphatic rings. The summed E-state index contributed by atoms with van der Waals surface area (Å²) in [4.78, 5) is 30.5. The summed E-state index contributed by atoms with van der Waals surface area (Å²) in [6, 6.07) is 12.1. The van der Waals surface area contributed by atoms with Gasteiger partial charge in [0.15, 0.2) is 6.10 Å². The molecule has 2 N–H and O–H groups in total. The monoisotopic (exact) mass is 388 g/mol. The number of aliphatic carboxylic acids is 1. The number of aromatic amines is 1. The molecule has 7 heteroatoms. The number of para-hydroxylation sites is 1. The van der Waals surface area contributed by atoms with E-state index in [2.05, 4.69) is 25.9 Å². The number of carboxylic acid groups (broad SMARTS) is 1. The highest BCUT2D eigenvalue weighted by molar-refractivity contribution is 9.10. The van der Waals surface area contributed by atoms with Crippen LogP contribution in [0.4, 0.5) is 0 Å². The molecule has 3 aromatic rings. The summed E-state index contributed by atoms with van der Waals surface area (Å²) in [6.07, 6.45) is -1.03. The maximum atomic E-state index is 12.3. The molecule has 0 amide bonds. The number of nitrogens with zero attached hydrogens (tertiary/aromatic N) is 1. The number of hydrogen-bond acceptors (Lipinski definition) is 4. The highest BCUT2D eigenvalue weighted by Crippen LogP contribution is 2.31. The lowest BCUT2D eigenvalue weighted by molar-refractivity contribution is -0.144. The third-order valence-electron chi connectivity index (χ3n) is 3.46. The van der Waals surface area contributed by atoms with E-state index in [1.165, 1.54) is 6.92 Å². The third kappa shape index (κ3) is 3.16. The summed E-state index contributed by atoms with van der Waals surface area (Å²) in [5.41, 5.74) is 0.779. The number of nitrogens with one attached hydrogen (secondary N) is 1. The summed E-state index contributed by atoms with van der Waals surface area (Å²) >= 11 is 3.37. The zero-order valence-corrected chi connectivity index (χ0v) is 14.2. The Hall–Kier alpha value is -2.67. The van der Waals surface area contributed by atoms with Gasteiger partial charge >= 0.3 is 5.97 Å². The Bertz CT molecular complexity index is 984. The second kappa shape index (κ2) is 6.45. The van der Waals surface area contributed by atoms with Gasteiger partial charge in [0.1, 0.15) is 11.6 Å². The van der Waals surface area contributed by atoms with E-state index in [1.54, 1.807) is 42.5 Å². The van der Waals surface area contributed by atoms with Crippen LogP contribution in [0.3, 0.4) is 0 Å². The second-order valence-corrected chi connectivity index (χ2v) is 6.09. The van der Waals surface area contributed by atoms with Crippen LogP contribution in [0, 0.1) is 0 Å². The van der Waals surface area contributed by atoms with Crippen LogP contribution >= 0.6 is 15.9 Å². The Morgan fingerprint density at radius 3 is 2.79 bits per heavy atom. The predicted octanol–water partition coefficient (Wildman–Crippen LogP) is 3.20. The zero-order valence-electron chi connectivity index (χ0n) is 12.6. The molecule has 6 nitrogen and oxygen atoms in total. The van der Waals surface area contributed by atoms with Crippen LogP contribution in [0.15, 0.2) is 51.7 Å². The van der Waals surface area contributed by atoms with E-state index in [0.717, 1.165) is 4.47 Å². The Morgan fingerprint density at radius 1 is 1.29 bits per heavy atom. The van der Waals surface area contributed by atoms with Gasteiger partial charge in [-0.3, -0.25) is 4.79 Å². The van der Waals surface area contributed by atoms with Gasteiger partial charge < -0.3 is 14.8 Å². The van der Waals surface area contributed by atoms with Crippen LogP contribution in [0.25, 0.3) is 22.3 Å². The minimum Gasteiger partial charge on any atom is -0.479 e. The smallest absolute Gasteiger partial charge is 0.344 e. The number of H-pyrrole nitrogens is 1. The van der Waals surface area contributed by atoms with E-state index >= 15 is 0 Å². The van der Waals surface area contributed by atoms with Crippen molar-refractivity contribution < 1.29 is 14.6 Å². The molecular formula is C17H13BrN2O4. The van der Waals surface area contributed by atoms with Crippen molar-refractivity contribution in [1.29, 1.82) is 0 Å². The molecule has 0 saturated heterocycles. The van der Waals surface area contributed by atoms with Gasteiger partial charge in [0, 0.05) is 4.47 Å². The van der Waals surface area contributed by atoms with Crippen molar-refractivity contribution in [2.75, 3.05) is 0 Å². The van der Waals surface area contributed by atoms with Gasteiger partial charge in [-0.25, -0.2) is 9.78 Å². The van der Waals surface area contributed by atoms with Gasteiger partial charge in [-0.05, 0) is 37.3 Å². The van der Waals surface area contributed by atoms with E-state index in [0.29, 0.717) is 28.0 Å². The summed E-state index contributed by atoms with van der Waals surface area (Å²) in [6.45, 7) is 1.44. The summed E-state index contributed by atoms with van der Waals surface area (Å²) < 4.78 is 6.24.